The van der Waals surface area contributed by atoms with Gasteiger partial charge in [-0.3, -0.25) is 4.79 Å². The number of ether oxygens (including phenoxy) is 1. The van der Waals surface area contributed by atoms with E-state index in [1.807, 2.05) is 44.2 Å². The van der Waals surface area contributed by atoms with E-state index < -0.39 is 5.91 Å². The summed E-state index contributed by atoms with van der Waals surface area (Å²) >= 11 is 0. The van der Waals surface area contributed by atoms with Crippen LogP contribution in [0.1, 0.15) is 29.3 Å². The maximum Gasteiger partial charge on any atom is 0.252 e. The van der Waals surface area contributed by atoms with E-state index in [0.29, 0.717) is 17.9 Å². The summed E-state index contributed by atoms with van der Waals surface area (Å²) in [5, 5.41) is 0. The Labute approximate surface area is 119 Å². The number of primary amides is 1. The van der Waals surface area contributed by atoms with Crippen LogP contribution in [0.25, 0.3) is 11.1 Å². The quantitative estimate of drug-likeness (QED) is 0.902. The molecule has 2 N–H and O–H groups in total. The van der Waals surface area contributed by atoms with Gasteiger partial charge in [0.2, 0.25) is 0 Å². The Morgan fingerprint density at radius 3 is 2.55 bits per heavy atom. The zero-order chi connectivity index (χ0) is 14.5. The topological polar surface area (TPSA) is 52.3 Å². The number of aryl methyl sites for hydroxylation is 1. The summed E-state index contributed by atoms with van der Waals surface area (Å²) in [6.07, 6.45) is 0.887. The molecule has 0 unspecified atom stereocenters. The lowest BCUT2D eigenvalue weighted by molar-refractivity contribution is 0.0996. The van der Waals surface area contributed by atoms with Gasteiger partial charge in [0.25, 0.3) is 5.91 Å². The van der Waals surface area contributed by atoms with E-state index in [1.54, 1.807) is 6.07 Å². The van der Waals surface area contributed by atoms with Crippen LogP contribution >= 0.6 is 0 Å². The third-order valence-corrected chi connectivity index (χ3v) is 3.06. The molecule has 0 atom stereocenters. The summed E-state index contributed by atoms with van der Waals surface area (Å²) in [7, 11) is 0. The van der Waals surface area contributed by atoms with Crippen molar-refractivity contribution in [2.75, 3.05) is 6.61 Å². The Morgan fingerprint density at radius 2 is 1.90 bits per heavy atom. The molecule has 20 heavy (non-hydrogen) atoms. The Bertz CT molecular complexity index is 620. The monoisotopic (exact) mass is 269 g/mol. The van der Waals surface area contributed by atoms with Crippen LogP contribution in [0.5, 0.6) is 5.75 Å². The molecule has 2 aromatic carbocycles. The summed E-state index contributed by atoms with van der Waals surface area (Å²) in [4.78, 5) is 11.6. The van der Waals surface area contributed by atoms with Gasteiger partial charge < -0.3 is 10.5 Å². The summed E-state index contributed by atoms with van der Waals surface area (Å²) in [6, 6.07) is 13.7. The maximum atomic E-state index is 11.6. The fourth-order valence-corrected chi connectivity index (χ4v) is 2.06. The summed E-state index contributed by atoms with van der Waals surface area (Å²) in [6.45, 7) is 4.63. The van der Waals surface area contributed by atoms with Gasteiger partial charge in [-0.2, -0.15) is 0 Å². The molecule has 104 valence electrons. The minimum atomic E-state index is -0.467. The number of nitrogens with two attached hydrogens (primary N) is 1. The molecule has 0 saturated carbocycles. The first kappa shape index (κ1) is 14.1. The van der Waals surface area contributed by atoms with Crippen LogP contribution in [0.4, 0.5) is 0 Å². The highest BCUT2D eigenvalue weighted by Gasteiger charge is 2.11. The van der Waals surface area contributed by atoms with Crippen LogP contribution in [-0.2, 0) is 0 Å². The molecule has 0 heterocycles. The smallest absolute Gasteiger partial charge is 0.252 e. The molecule has 0 aromatic heterocycles. The van der Waals surface area contributed by atoms with Gasteiger partial charge in [-0.15, -0.1) is 0 Å². The fraction of sp³-hybridized carbons (Fsp3) is 0.235. The average Bonchev–Trinajstić information content (AvgIpc) is 2.44. The highest BCUT2D eigenvalue weighted by atomic mass is 16.5. The second-order valence-electron chi connectivity index (χ2n) is 4.79. The Balaban J connectivity index is 2.42. The summed E-state index contributed by atoms with van der Waals surface area (Å²) in [5.74, 6) is 0.0846. The highest BCUT2D eigenvalue weighted by molar-refractivity contribution is 5.97. The number of hydrogen-bond donors (Lipinski definition) is 1. The van der Waals surface area contributed by atoms with Crippen molar-refractivity contribution in [2.24, 2.45) is 5.73 Å². The van der Waals surface area contributed by atoms with Crippen molar-refractivity contribution in [1.82, 2.24) is 0 Å². The molecule has 3 heteroatoms. The standard InChI is InChI=1S/C17H19NO2/c1-3-9-20-16-8-7-14(11-15(16)17(18)19)13-6-4-5-12(2)10-13/h4-8,10-11H,3,9H2,1-2H3,(H2,18,19). The lowest BCUT2D eigenvalue weighted by atomic mass is 10.0. The molecule has 1 amide bonds. The first-order valence-electron chi connectivity index (χ1n) is 6.75. The first-order chi connectivity index (χ1) is 9.61. The van der Waals surface area contributed by atoms with Gasteiger partial charge in [0.15, 0.2) is 0 Å². The molecule has 3 nitrogen and oxygen atoms in total. The molecular formula is C17H19NO2. The average molecular weight is 269 g/mol. The molecular weight excluding hydrogens is 250 g/mol. The molecule has 0 aliphatic heterocycles. The SMILES string of the molecule is CCCOc1ccc(-c2cccc(C)c2)cc1C(N)=O. The van der Waals surface area contributed by atoms with Gasteiger partial charge in [-0.1, -0.05) is 42.8 Å². The van der Waals surface area contributed by atoms with Crippen molar-refractivity contribution in [1.29, 1.82) is 0 Å². The Kier molecular flexibility index (Phi) is 4.41. The number of carbonyl (C=O) groups is 1. The largest absolute Gasteiger partial charge is 0.493 e. The Hall–Kier alpha value is -2.29. The fourth-order valence-electron chi connectivity index (χ4n) is 2.06. The van der Waals surface area contributed by atoms with Gasteiger partial charge in [0.05, 0.1) is 12.2 Å². The number of benzene rings is 2. The van der Waals surface area contributed by atoms with Gasteiger partial charge in [-0.05, 0) is 36.6 Å². The minimum absolute atomic E-state index is 0.428. The van der Waals surface area contributed by atoms with Crippen LogP contribution in [0, 0.1) is 6.92 Å². The number of amides is 1. The lowest BCUT2D eigenvalue weighted by Crippen LogP contribution is -2.13. The van der Waals surface area contributed by atoms with Crippen LogP contribution in [0.3, 0.4) is 0 Å². The van der Waals surface area contributed by atoms with Crippen molar-refractivity contribution in [3.63, 3.8) is 0 Å². The zero-order valence-electron chi connectivity index (χ0n) is 11.8. The van der Waals surface area contributed by atoms with Crippen molar-refractivity contribution in [3.8, 4) is 16.9 Å². The van der Waals surface area contributed by atoms with Crippen LogP contribution < -0.4 is 10.5 Å². The van der Waals surface area contributed by atoms with Crippen LogP contribution in [0.15, 0.2) is 42.5 Å². The summed E-state index contributed by atoms with van der Waals surface area (Å²) in [5.41, 5.74) is 9.08. The number of hydrogen-bond acceptors (Lipinski definition) is 2. The summed E-state index contributed by atoms with van der Waals surface area (Å²) < 4.78 is 5.56. The van der Waals surface area contributed by atoms with E-state index in [2.05, 4.69) is 6.07 Å². The number of carbonyl (C=O) groups excluding carboxylic acids is 1. The van der Waals surface area contributed by atoms with E-state index >= 15 is 0 Å². The van der Waals surface area contributed by atoms with E-state index in [-0.39, 0.29) is 0 Å². The Morgan fingerprint density at radius 1 is 1.15 bits per heavy atom. The maximum absolute atomic E-state index is 11.6. The van der Waals surface area contributed by atoms with Crippen LogP contribution in [0.2, 0.25) is 0 Å². The molecule has 2 rings (SSSR count). The van der Waals surface area contributed by atoms with E-state index in [1.165, 1.54) is 5.56 Å². The van der Waals surface area contributed by atoms with Crippen molar-refractivity contribution in [3.05, 3.63) is 53.6 Å². The van der Waals surface area contributed by atoms with Crippen molar-refractivity contribution >= 4 is 5.91 Å². The predicted molar refractivity (Wildman–Crippen MR) is 80.9 cm³/mol. The van der Waals surface area contributed by atoms with Crippen molar-refractivity contribution in [2.45, 2.75) is 20.3 Å². The van der Waals surface area contributed by atoms with Gasteiger partial charge in [-0.25, -0.2) is 0 Å². The normalized spacial score (nSPS) is 10.3. The van der Waals surface area contributed by atoms with Crippen molar-refractivity contribution < 1.29 is 9.53 Å². The van der Waals surface area contributed by atoms with Gasteiger partial charge >= 0.3 is 0 Å². The molecule has 0 bridgehead atoms. The predicted octanol–water partition coefficient (Wildman–Crippen LogP) is 3.55. The second-order valence-corrected chi connectivity index (χ2v) is 4.79. The van der Waals surface area contributed by atoms with E-state index in [9.17, 15) is 4.79 Å². The zero-order valence-corrected chi connectivity index (χ0v) is 11.8. The third-order valence-electron chi connectivity index (χ3n) is 3.06. The lowest BCUT2D eigenvalue weighted by Gasteiger charge is -2.11. The molecule has 0 saturated heterocycles. The molecule has 0 aliphatic carbocycles. The van der Waals surface area contributed by atoms with E-state index in [0.717, 1.165) is 17.5 Å². The molecule has 0 spiro atoms. The molecule has 0 aliphatic rings. The molecule has 2 aromatic rings. The molecule has 0 radical (unpaired) electrons. The van der Waals surface area contributed by atoms with Crippen LogP contribution in [-0.4, -0.2) is 12.5 Å². The number of rotatable bonds is 5. The third kappa shape index (κ3) is 3.18. The highest BCUT2D eigenvalue weighted by Crippen LogP contribution is 2.27. The first-order valence-corrected chi connectivity index (χ1v) is 6.75. The molecule has 0 fully saturated rings. The van der Waals surface area contributed by atoms with Gasteiger partial charge in [0.1, 0.15) is 5.75 Å². The van der Waals surface area contributed by atoms with Gasteiger partial charge in [0, 0.05) is 0 Å². The second kappa shape index (κ2) is 6.24. The minimum Gasteiger partial charge on any atom is -0.493 e. The van der Waals surface area contributed by atoms with E-state index in [4.69, 9.17) is 10.5 Å².